The van der Waals surface area contributed by atoms with Crippen molar-refractivity contribution in [1.82, 2.24) is 25.2 Å². The standard InChI is InChI=1S/C17H20N6O2S/c1-10(2)23-15(20-21-22-23)9-25-14-7-5-13(6-8-14)16(24)19-17-18-11(3)12(4)26-17/h5-8,10H,9H2,1-4H3,(H,18,19,24). The predicted octanol–water partition coefficient (Wildman–Crippen LogP) is 3.16. The number of carbonyl (C=O) groups is 1. The average molecular weight is 372 g/mol. The van der Waals surface area contributed by atoms with Crippen molar-refractivity contribution in [1.29, 1.82) is 0 Å². The van der Waals surface area contributed by atoms with E-state index >= 15 is 0 Å². The minimum atomic E-state index is -0.200. The molecule has 1 amide bonds. The number of aromatic nitrogens is 5. The van der Waals surface area contributed by atoms with Crippen LogP contribution in [0.5, 0.6) is 5.75 Å². The van der Waals surface area contributed by atoms with Crippen LogP contribution in [0.1, 0.15) is 46.6 Å². The Morgan fingerprint density at radius 2 is 2.00 bits per heavy atom. The van der Waals surface area contributed by atoms with Crippen molar-refractivity contribution in [2.24, 2.45) is 0 Å². The Labute approximate surface area is 155 Å². The molecule has 0 saturated carbocycles. The van der Waals surface area contributed by atoms with E-state index in [1.807, 2.05) is 27.7 Å². The van der Waals surface area contributed by atoms with Crippen LogP contribution in [0.2, 0.25) is 0 Å². The van der Waals surface area contributed by atoms with Gasteiger partial charge < -0.3 is 4.74 Å². The molecule has 2 heterocycles. The van der Waals surface area contributed by atoms with Crippen molar-refractivity contribution < 1.29 is 9.53 Å². The monoisotopic (exact) mass is 372 g/mol. The molecule has 0 unspecified atom stereocenters. The molecule has 136 valence electrons. The van der Waals surface area contributed by atoms with Gasteiger partial charge in [-0.1, -0.05) is 0 Å². The molecule has 2 aromatic heterocycles. The van der Waals surface area contributed by atoms with Crippen LogP contribution < -0.4 is 10.1 Å². The first-order chi connectivity index (χ1) is 12.4. The lowest BCUT2D eigenvalue weighted by Gasteiger charge is -2.09. The topological polar surface area (TPSA) is 94.8 Å². The lowest BCUT2D eigenvalue weighted by Crippen LogP contribution is -2.12. The molecule has 0 atom stereocenters. The summed E-state index contributed by atoms with van der Waals surface area (Å²) in [5, 5.41) is 15.0. The van der Waals surface area contributed by atoms with Crippen LogP contribution in [0.3, 0.4) is 0 Å². The molecule has 0 aliphatic carbocycles. The summed E-state index contributed by atoms with van der Waals surface area (Å²) in [5.41, 5.74) is 1.47. The van der Waals surface area contributed by atoms with E-state index in [-0.39, 0.29) is 18.6 Å². The molecule has 0 radical (unpaired) electrons. The van der Waals surface area contributed by atoms with E-state index in [9.17, 15) is 4.79 Å². The van der Waals surface area contributed by atoms with Crippen LogP contribution in [0.25, 0.3) is 0 Å². The van der Waals surface area contributed by atoms with E-state index in [4.69, 9.17) is 4.74 Å². The van der Waals surface area contributed by atoms with Gasteiger partial charge in [0, 0.05) is 10.4 Å². The Balaban J connectivity index is 1.61. The van der Waals surface area contributed by atoms with Crippen LogP contribution in [-0.4, -0.2) is 31.1 Å². The zero-order chi connectivity index (χ0) is 18.7. The molecule has 0 spiro atoms. The third-order valence-corrected chi connectivity index (χ3v) is 4.77. The molecule has 1 N–H and O–H groups in total. The first kappa shape index (κ1) is 18.0. The van der Waals surface area contributed by atoms with E-state index in [0.29, 0.717) is 22.3 Å². The number of aryl methyl sites for hydroxylation is 2. The van der Waals surface area contributed by atoms with Gasteiger partial charge in [-0.2, -0.15) is 0 Å². The molecule has 0 aliphatic heterocycles. The lowest BCUT2D eigenvalue weighted by atomic mass is 10.2. The second-order valence-electron chi connectivity index (χ2n) is 6.06. The SMILES string of the molecule is Cc1nc(NC(=O)c2ccc(OCc3nnnn3C(C)C)cc2)sc1C. The fourth-order valence-electron chi connectivity index (χ4n) is 2.25. The molecule has 0 aliphatic rings. The molecule has 9 heteroatoms. The third kappa shape index (κ3) is 4.05. The largest absolute Gasteiger partial charge is 0.486 e. The minimum absolute atomic E-state index is 0.160. The van der Waals surface area contributed by atoms with E-state index < -0.39 is 0 Å². The van der Waals surface area contributed by atoms with Gasteiger partial charge in [-0.05, 0) is 62.4 Å². The zero-order valence-electron chi connectivity index (χ0n) is 15.1. The molecule has 3 aromatic rings. The van der Waals surface area contributed by atoms with Gasteiger partial charge in [0.15, 0.2) is 11.0 Å². The van der Waals surface area contributed by atoms with Crippen molar-refractivity contribution in [2.45, 2.75) is 40.3 Å². The molecule has 1 aromatic carbocycles. The molecule has 3 rings (SSSR count). The summed E-state index contributed by atoms with van der Waals surface area (Å²) >= 11 is 1.46. The van der Waals surface area contributed by atoms with Crippen LogP contribution in [-0.2, 0) is 6.61 Å². The van der Waals surface area contributed by atoms with Gasteiger partial charge in [0.05, 0.1) is 11.7 Å². The summed E-state index contributed by atoms with van der Waals surface area (Å²) in [6, 6.07) is 7.08. The summed E-state index contributed by atoms with van der Waals surface area (Å²) in [5.74, 6) is 1.09. The van der Waals surface area contributed by atoms with Crippen molar-refractivity contribution in [3.8, 4) is 5.75 Å². The average Bonchev–Trinajstić information content (AvgIpc) is 3.20. The third-order valence-electron chi connectivity index (χ3n) is 3.78. The summed E-state index contributed by atoms with van der Waals surface area (Å²) in [7, 11) is 0. The quantitative estimate of drug-likeness (QED) is 0.714. The molecule has 0 saturated heterocycles. The number of hydrogen-bond donors (Lipinski definition) is 1. The van der Waals surface area contributed by atoms with Gasteiger partial charge in [-0.15, -0.1) is 16.4 Å². The predicted molar refractivity (Wildman–Crippen MR) is 98.5 cm³/mol. The van der Waals surface area contributed by atoms with Crippen molar-refractivity contribution in [2.75, 3.05) is 5.32 Å². The highest BCUT2D eigenvalue weighted by Crippen LogP contribution is 2.22. The molecule has 26 heavy (non-hydrogen) atoms. The van der Waals surface area contributed by atoms with E-state index in [2.05, 4.69) is 25.8 Å². The van der Waals surface area contributed by atoms with Gasteiger partial charge in [0.25, 0.3) is 5.91 Å². The second kappa shape index (κ2) is 7.61. The van der Waals surface area contributed by atoms with E-state index in [0.717, 1.165) is 10.6 Å². The van der Waals surface area contributed by atoms with Crippen molar-refractivity contribution >= 4 is 22.4 Å². The van der Waals surface area contributed by atoms with Crippen LogP contribution in [0.15, 0.2) is 24.3 Å². The summed E-state index contributed by atoms with van der Waals surface area (Å²) in [6.07, 6.45) is 0. The highest BCUT2D eigenvalue weighted by Gasteiger charge is 2.12. The van der Waals surface area contributed by atoms with Gasteiger partial charge in [-0.3, -0.25) is 10.1 Å². The molecular formula is C17H20N6O2S. The number of ether oxygens (including phenoxy) is 1. The number of thiazole rings is 1. The Bertz CT molecular complexity index is 881. The number of amides is 1. The van der Waals surface area contributed by atoms with E-state index in [1.54, 1.807) is 28.9 Å². The Morgan fingerprint density at radius 1 is 1.27 bits per heavy atom. The minimum Gasteiger partial charge on any atom is -0.486 e. The Morgan fingerprint density at radius 3 is 2.62 bits per heavy atom. The normalized spacial score (nSPS) is 11.0. The number of carbonyl (C=O) groups excluding carboxylic acids is 1. The summed E-state index contributed by atoms with van der Waals surface area (Å²) < 4.78 is 7.42. The van der Waals surface area contributed by atoms with Gasteiger partial charge in [-0.25, -0.2) is 9.67 Å². The smallest absolute Gasteiger partial charge is 0.257 e. The molecule has 0 bridgehead atoms. The molecular weight excluding hydrogens is 352 g/mol. The number of anilines is 1. The number of hydrogen-bond acceptors (Lipinski definition) is 7. The molecule has 0 fully saturated rings. The fourth-order valence-corrected chi connectivity index (χ4v) is 3.06. The van der Waals surface area contributed by atoms with Crippen LogP contribution >= 0.6 is 11.3 Å². The summed E-state index contributed by atoms with van der Waals surface area (Å²) in [4.78, 5) is 17.7. The maximum absolute atomic E-state index is 12.3. The van der Waals surface area contributed by atoms with Gasteiger partial charge in [0.1, 0.15) is 12.4 Å². The van der Waals surface area contributed by atoms with Crippen LogP contribution in [0, 0.1) is 13.8 Å². The Hall–Kier alpha value is -2.81. The highest BCUT2D eigenvalue weighted by molar-refractivity contribution is 7.15. The molecule has 8 nitrogen and oxygen atoms in total. The second-order valence-corrected chi connectivity index (χ2v) is 7.26. The zero-order valence-corrected chi connectivity index (χ0v) is 15.9. The summed E-state index contributed by atoms with van der Waals surface area (Å²) in [6.45, 7) is 8.15. The van der Waals surface area contributed by atoms with Gasteiger partial charge in [0.2, 0.25) is 0 Å². The lowest BCUT2D eigenvalue weighted by molar-refractivity contribution is 0.102. The van der Waals surface area contributed by atoms with Crippen molar-refractivity contribution in [3.05, 3.63) is 46.2 Å². The van der Waals surface area contributed by atoms with Crippen molar-refractivity contribution in [3.63, 3.8) is 0 Å². The maximum Gasteiger partial charge on any atom is 0.257 e. The van der Waals surface area contributed by atoms with Crippen LogP contribution in [0.4, 0.5) is 5.13 Å². The first-order valence-corrected chi connectivity index (χ1v) is 9.00. The number of benzene rings is 1. The highest BCUT2D eigenvalue weighted by atomic mass is 32.1. The number of nitrogens with one attached hydrogen (secondary N) is 1. The Kier molecular flexibility index (Phi) is 5.27. The fraction of sp³-hybridized carbons (Fsp3) is 0.353. The van der Waals surface area contributed by atoms with Gasteiger partial charge >= 0.3 is 0 Å². The number of tetrazole rings is 1. The number of nitrogens with zero attached hydrogens (tertiary/aromatic N) is 5. The van der Waals surface area contributed by atoms with E-state index in [1.165, 1.54) is 11.3 Å². The number of rotatable bonds is 6. The maximum atomic E-state index is 12.3. The first-order valence-electron chi connectivity index (χ1n) is 8.19.